The van der Waals surface area contributed by atoms with E-state index < -0.39 is 5.60 Å². The summed E-state index contributed by atoms with van der Waals surface area (Å²) in [6.45, 7) is 4.38. The summed E-state index contributed by atoms with van der Waals surface area (Å²) in [4.78, 5) is 2.23. The summed E-state index contributed by atoms with van der Waals surface area (Å²) in [7, 11) is 0. The summed E-state index contributed by atoms with van der Waals surface area (Å²) >= 11 is 0. The minimum atomic E-state index is -0.457. The molecule has 0 aromatic heterocycles. The second-order valence-corrected chi connectivity index (χ2v) is 4.05. The number of benzene rings is 1. The maximum absolute atomic E-state index is 9.51. The zero-order chi connectivity index (χ0) is 9.31. The van der Waals surface area contributed by atoms with E-state index >= 15 is 0 Å². The third kappa shape index (κ3) is 2.08. The maximum atomic E-state index is 9.51. The van der Waals surface area contributed by atoms with Gasteiger partial charge in [-0.15, -0.1) is 0 Å². The zero-order valence-corrected chi connectivity index (χ0v) is 7.83. The molecule has 2 nitrogen and oxygen atoms in total. The van der Waals surface area contributed by atoms with Gasteiger partial charge in [0.25, 0.3) is 0 Å². The normalized spacial score (nSPS) is 21.1. The lowest BCUT2D eigenvalue weighted by Crippen LogP contribution is -2.59. The molecule has 1 heterocycles. The molecule has 69 valence electrons. The van der Waals surface area contributed by atoms with Crippen LogP contribution in [0.2, 0.25) is 0 Å². The van der Waals surface area contributed by atoms with Crippen LogP contribution in [-0.4, -0.2) is 28.7 Å². The standard InChI is InChI=1S/C11H14NO/c1-11(13)8-12(9-11)7-10-5-3-2-4-6-10/h3-6,13H,7-9H2,1H3. The van der Waals surface area contributed by atoms with Gasteiger partial charge in [-0.25, -0.2) is 0 Å². The van der Waals surface area contributed by atoms with Gasteiger partial charge in [0, 0.05) is 19.6 Å². The van der Waals surface area contributed by atoms with Crippen molar-refractivity contribution in [2.45, 2.75) is 19.1 Å². The highest BCUT2D eigenvalue weighted by Crippen LogP contribution is 2.21. The Morgan fingerprint density at radius 2 is 2.08 bits per heavy atom. The number of aliphatic hydroxyl groups is 1. The first kappa shape index (κ1) is 8.73. The van der Waals surface area contributed by atoms with Crippen molar-refractivity contribution in [3.63, 3.8) is 0 Å². The molecule has 0 saturated carbocycles. The molecule has 0 bridgehead atoms. The molecule has 2 heteroatoms. The molecule has 1 fully saturated rings. The van der Waals surface area contributed by atoms with E-state index in [1.807, 2.05) is 19.1 Å². The number of hydrogen-bond acceptors (Lipinski definition) is 2. The molecule has 1 aromatic carbocycles. The van der Waals surface area contributed by atoms with Crippen LogP contribution < -0.4 is 0 Å². The summed E-state index contributed by atoms with van der Waals surface area (Å²) in [5.41, 5.74) is 0.829. The minimum absolute atomic E-state index is 0.457. The Balaban J connectivity index is 1.88. The third-order valence-corrected chi connectivity index (χ3v) is 2.32. The first-order chi connectivity index (χ1) is 6.16. The molecule has 13 heavy (non-hydrogen) atoms. The highest BCUT2D eigenvalue weighted by Gasteiger charge is 2.35. The predicted octanol–water partition coefficient (Wildman–Crippen LogP) is 1.05. The van der Waals surface area contributed by atoms with Crippen LogP contribution in [0.3, 0.4) is 0 Å². The van der Waals surface area contributed by atoms with Crippen molar-refractivity contribution in [3.05, 3.63) is 35.9 Å². The Kier molecular flexibility index (Phi) is 2.10. The smallest absolute Gasteiger partial charge is 0.0872 e. The van der Waals surface area contributed by atoms with Gasteiger partial charge in [0.15, 0.2) is 0 Å². The van der Waals surface area contributed by atoms with Gasteiger partial charge in [0.2, 0.25) is 0 Å². The number of rotatable bonds is 2. The van der Waals surface area contributed by atoms with Crippen LogP contribution in [0.4, 0.5) is 0 Å². The lowest BCUT2D eigenvalue weighted by atomic mass is 9.96. The van der Waals surface area contributed by atoms with Crippen molar-refractivity contribution in [1.29, 1.82) is 0 Å². The van der Waals surface area contributed by atoms with E-state index in [2.05, 4.69) is 23.1 Å². The Morgan fingerprint density at radius 3 is 2.62 bits per heavy atom. The van der Waals surface area contributed by atoms with E-state index in [1.165, 1.54) is 5.56 Å². The molecule has 1 aliphatic heterocycles. The number of nitrogens with zero attached hydrogens (tertiary/aromatic N) is 1. The largest absolute Gasteiger partial charge is 0.388 e. The molecule has 1 saturated heterocycles. The Morgan fingerprint density at radius 1 is 1.46 bits per heavy atom. The van der Waals surface area contributed by atoms with E-state index in [9.17, 15) is 5.11 Å². The molecule has 0 spiro atoms. The van der Waals surface area contributed by atoms with E-state index in [1.54, 1.807) is 0 Å². The van der Waals surface area contributed by atoms with Gasteiger partial charge in [0.05, 0.1) is 5.60 Å². The first-order valence-electron chi connectivity index (χ1n) is 4.55. The summed E-state index contributed by atoms with van der Waals surface area (Å²) in [6, 6.07) is 11.0. The summed E-state index contributed by atoms with van der Waals surface area (Å²) in [5, 5.41) is 9.51. The molecule has 2 rings (SSSR count). The lowest BCUT2D eigenvalue weighted by Gasteiger charge is -2.44. The monoisotopic (exact) mass is 176 g/mol. The molecule has 0 atom stereocenters. The van der Waals surface area contributed by atoms with Gasteiger partial charge in [-0.2, -0.15) is 0 Å². The number of likely N-dealkylation sites (tertiary alicyclic amines) is 1. The molecule has 0 amide bonds. The number of β-amino-alcohol motifs (C(OH)–C–C–N with tert-alkyl or cyclic N) is 1. The molecule has 1 N–H and O–H groups in total. The van der Waals surface area contributed by atoms with Crippen molar-refractivity contribution in [1.82, 2.24) is 4.90 Å². The Labute approximate surface area is 78.8 Å². The maximum Gasteiger partial charge on any atom is 0.0872 e. The van der Waals surface area contributed by atoms with E-state index in [0.717, 1.165) is 19.6 Å². The Hall–Kier alpha value is -0.860. The van der Waals surface area contributed by atoms with Crippen molar-refractivity contribution in [2.75, 3.05) is 13.1 Å². The van der Waals surface area contributed by atoms with Gasteiger partial charge >= 0.3 is 0 Å². The van der Waals surface area contributed by atoms with Crippen LogP contribution in [0.5, 0.6) is 0 Å². The van der Waals surface area contributed by atoms with E-state index in [4.69, 9.17) is 0 Å². The third-order valence-electron chi connectivity index (χ3n) is 2.32. The molecule has 1 aliphatic rings. The fourth-order valence-electron chi connectivity index (χ4n) is 1.81. The van der Waals surface area contributed by atoms with Crippen LogP contribution in [0.1, 0.15) is 12.5 Å². The van der Waals surface area contributed by atoms with Crippen LogP contribution in [0.25, 0.3) is 0 Å². The van der Waals surface area contributed by atoms with Gasteiger partial charge in [-0.05, 0) is 18.6 Å². The van der Waals surface area contributed by atoms with Gasteiger partial charge < -0.3 is 5.11 Å². The second kappa shape index (κ2) is 3.13. The quantitative estimate of drug-likeness (QED) is 0.728. The molecule has 1 aromatic rings. The SMILES string of the molecule is CC1(O)CN(Cc2cc[c]cc2)C1. The minimum Gasteiger partial charge on any atom is -0.388 e. The predicted molar refractivity (Wildman–Crippen MR) is 51.2 cm³/mol. The fourth-order valence-corrected chi connectivity index (χ4v) is 1.81. The first-order valence-corrected chi connectivity index (χ1v) is 4.55. The molecular weight excluding hydrogens is 162 g/mol. The highest BCUT2D eigenvalue weighted by molar-refractivity contribution is 5.14. The Bertz CT molecular complexity index is 273. The van der Waals surface area contributed by atoms with Crippen molar-refractivity contribution >= 4 is 0 Å². The van der Waals surface area contributed by atoms with E-state index in [-0.39, 0.29) is 0 Å². The second-order valence-electron chi connectivity index (χ2n) is 4.05. The van der Waals surface area contributed by atoms with Crippen LogP contribution in [-0.2, 0) is 6.54 Å². The van der Waals surface area contributed by atoms with Crippen LogP contribution in [0.15, 0.2) is 24.3 Å². The van der Waals surface area contributed by atoms with Crippen LogP contribution in [0, 0.1) is 6.07 Å². The average molecular weight is 176 g/mol. The topological polar surface area (TPSA) is 23.5 Å². The van der Waals surface area contributed by atoms with E-state index in [0.29, 0.717) is 0 Å². The van der Waals surface area contributed by atoms with Gasteiger partial charge in [-0.1, -0.05) is 24.3 Å². The average Bonchev–Trinajstić information content (AvgIpc) is 2.03. The summed E-state index contributed by atoms with van der Waals surface area (Å²) in [5.74, 6) is 0. The van der Waals surface area contributed by atoms with Gasteiger partial charge in [0.1, 0.15) is 0 Å². The van der Waals surface area contributed by atoms with Crippen molar-refractivity contribution in [3.8, 4) is 0 Å². The van der Waals surface area contributed by atoms with Crippen molar-refractivity contribution in [2.24, 2.45) is 0 Å². The van der Waals surface area contributed by atoms with Crippen molar-refractivity contribution < 1.29 is 5.11 Å². The summed E-state index contributed by atoms with van der Waals surface area (Å²) in [6.07, 6.45) is 0. The summed E-state index contributed by atoms with van der Waals surface area (Å²) < 4.78 is 0. The van der Waals surface area contributed by atoms with Gasteiger partial charge in [-0.3, -0.25) is 4.90 Å². The lowest BCUT2D eigenvalue weighted by molar-refractivity contribution is -0.0871. The number of hydrogen-bond donors (Lipinski definition) is 1. The zero-order valence-electron chi connectivity index (χ0n) is 7.83. The highest BCUT2D eigenvalue weighted by atomic mass is 16.3. The molecular formula is C11H14NO. The fraction of sp³-hybridized carbons (Fsp3) is 0.455. The molecule has 0 aliphatic carbocycles. The molecule has 1 radical (unpaired) electrons. The molecule has 0 unspecified atom stereocenters. The van der Waals surface area contributed by atoms with Crippen LogP contribution >= 0.6 is 0 Å².